The van der Waals surface area contributed by atoms with E-state index in [2.05, 4.69) is 0 Å². The number of amides is 1. The molecule has 4 rings (SSSR count). The molecular weight excluding hydrogens is 384 g/mol. The summed E-state index contributed by atoms with van der Waals surface area (Å²) in [6, 6.07) is 23.0. The molecule has 0 aliphatic carbocycles. The van der Waals surface area contributed by atoms with Gasteiger partial charge in [-0.3, -0.25) is 9.10 Å². The summed E-state index contributed by atoms with van der Waals surface area (Å²) in [4.78, 5) is 15.0. The van der Waals surface area contributed by atoms with Gasteiger partial charge in [0.1, 0.15) is 0 Å². The molecule has 1 aliphatic rings. The zero-order chi connectivity index (χ0) is 20.6. The second-order valence-electron chi connectivity index (χ2n) is 7.19. The van der Waals surface area contributed by atoms with Crippen molar-refractivity contribution in [2.24, 2.45) is 0 Å². The first kappa shape index (κ1) is 19.2. The first-order chi connectivity index (χ1) is 13.9. The van der Waals surface area contributed by atoms with Gasteiger partial charge in [-0.1, -0.05) is 36.4 Å². The Morgan fingerprint density at radius 3 is 2.24 bits per heavy atom. The largest absolute Gasteiger partial charge is 0.305 e. The summed E-state index contributed by atoms with van der Waals surface area (Å²) >= 11 is 0. The van der Waals surface area contributed by atoms with Crippen molar-refractivity contribution in [2.75, 3.05) is 16.3 Å². The highest BCUT2D eigenvalue weighted by Gasteiger charge is 2.31. The second kappa shape index (κ2) is 7.37. The van der Waals surface area contributed by atoms with Gasteiger partial charge < -0.3 is 4.90 Å². The van der Waals surface area contributed by atoms with Gasteiger partial charge in [0.25, 0.3) is 15.9 Å². The van der Waals surface area contributed by atoms with Crippen molar-refractivity contribution in [1.29, 1.82) is 0 Å². The molecule has 29 heavy (non-hydrogen) atoms. The van der Waals surface area contributed by atoms with E-state index >= 15 is 0 Å². The lowest BCUT2D eigenvalue weighted by Crippen LogP contribution is -2.35. The van der Waals surface area contributed by atoms with Gasteiger partial charge in [-0.2, -0.15) is 0 Å². The van der Waals surface area contributed by atoms with Crippen molar-refractivity contribution < 1.29 is 13.2 Å². The predicted molar refractivity (Wildman–Crippen MR) is 115 cm³/mol. The van der Waals surface area contributed by atoms with Gasteiger partial charge in [0.15, 0.2) is 0 Å². The number of nitrogens with zero attached hydrogens (tertiary/aromatic N) is 2. The minimum atomic E-state index is -3.70. The third-order valence-electron chi connectivity index (χ3n) is 5.31. The average Bonchev–Trinajstić information content (AvgIpc) is 3.09. The summed E-state index contributed by atoms with van der Waals surface area (Å²) in [6.07, 6.45) is 0.816. The van der Waals surface area contributed by atoms with E-state index in [0.29, 0.717) is 11.3 Å². The zero-order valence-electron chi connectivity index (χ0n) is 16.3. The van der Waals surface area contributed by atoms with Crippen LogP contribution in [-0.2, 0) is 16.4 Å². The Kier molecular flexibility index (Phi) is 4.88. The lowest BCUT2D eigenvalue weighted by atomic mass is 10.1. The third kappa shape index (κ3) is 3.40. The molecule has 5 nitrogen and oxygen atoms in total. The van der Waals surface area contributed by atoms with Crippen LogP contribution >= 0.6 is 0 Å². The molecule has 1 heterocycles. The molecule has 0 aromatic heterocycles. The molecule has 1 amide bonds. The number of anilines is 2. The maximum absolute atomic E-state index is 13.1. The molecule has 6 heteroatoms. The Bertz CT molecular complexity index is 1140. The van der Waals surface area contributed by atoms with E-state index in [9.17, 15) is 13.2 Å². The number of carbonyl (C=O) groups is 1. The van der Waals surface area contributed by atoms with Crippen LogP contribution in [0.5, 0.6) is 0 Å². The van der Waals surface area contributed by atoms with Gasteiger partial charge in [0, 0.05) is 24.3 Å². The van der Waals surface area contributed by atoms with Gasteiger partial charge in [0.05, 0.1) is 10.6 Å². The van der Waals surface area contributed by atoms with Crippen LogP contribution in [0.3, 0.4) is 0 Å². The maximum atomic E-state index is 13.1. The van der Waals surface area contributed by atoms with Crippen molar-refractivity contribution in [3.8, 4) is 0 Å². The maximum Gasteiger partial charge on any atom is 0.264 e. The zero-order valence-corrected chi connectivity index (χ0v) is 17.1. The van der Waals surface area contributed by atoms with Crippen LogP contribution in [0, 0.1) is 0 Å². The van der Waals surface area contributed by atoms with Gasteiger partial charge >= 0.3 is 0 Å². The number of carbonyl (C=O) groups excluding carboxylic acids is 1. The quantitative estimate of drug-likeness (QED) is 0.655. The molecule has 3 aromatic carbocycles. The van der Waals surface area contributed by atoms with Crippen LogP contribution in [0.1, 0.15) is 22.8 Å². The first-order valence-electron chi connectivity index (χ1n) is 9.45. The van der Waals surface area contributed by atoms with Gasteiger partial charge in [-0.15, -0.1) is 0 Å². The molecule has 0 saturated carbocycles. The fraction of sp³-hybridized carbons (Fsp3) is 0.174. The normalized spacial score (nSPS) is 15.8. The number of benzene rings is 3. The fourth-order valence-corrected chi connectivity index (χ4v) is 4.91. The van der Waals surface area contributed by atoms with Crippen molar-refractivity contribution in [2.45, 2.75) is 24.3 Å². The second-order valence-corrected chi connectivity index (χ2v) is 9.16. The summed E-state index contributed by atoms with van der Waals surface area (Å²) in [7, 11) is -2.18. The number of sulfonamides is 1. The molecular formula is C23H22N2O3S. The van der Waals surface area contributed by atoms with Crippen LogP contribution in [0.25, 0.3) is 0 Å². The van der Waals surface area contributed by atoms with Crippen LogP contribution in [0.15, 0.2) is 83.8 Å². The minimum absolute atomic E-state index is 0.0625. The van der Waals surface area contributed by atoms with E-state index < -0.39 is 10.0 Å². The summed E-state index contributed by atoms with van der Waals surface area (Å²) < 4.78 is 27.1. The lowest BCUT2D eigenvalue weighted by molar-refractivity contribution is 0.0981. The number of fused-ring (bicyclic) bond motifs is 1. The van der Waals surface area contributed by atoms with Crippen molar-refractivity contribution in [3.05, 3.63) is 90.0 Å². The Labute approximate surface area is 171 Å². The van der Waals surface area contributed by atoms with Gasteiger partial charge in [-0.25, -0.2) is 8.42 Å². The number of hydrogen-bond acceptors (Lipinski definition) is 3. The van der Waals surface area contributed by atoms with E-state index in [-0.39, 0.29) is 16.8 Å². The molecule has 1 aliphatic heterocycles. The molecule has 0 N–H and O–H groups in total. The SMILES string of the molecule is CC1Cc2ccccc2N1C(=O)c1ccc(S(=O)(=O)N(C)c2ccccc2)cc1. The summed E-state index contributed by atoms with van der Waals surface area (Å²) in [5.41, 5.74) is 3.12. The molecule has 0 saturated heterocycles. The standard InChI is InChI=1S/C23H22N2O3S/c1-17-16-19-8-6-7-11-22(19)25(17)23(26)18-12-14-21(15-13-18)29(27,28)24(2)20-9-4-3-5-10-20/h3-15,17H,16H2,1-2H3. The van der Waals surface area contributed by atoms with E-state index in [4.69, 9.17) is 0 Å². The molecule has 148 valence electrons. The Morgan fingerprint density at radius 1 is 0.931 bits per heavy atom. The van der Waals surface area contributed by atoms with Crippen molar-refractivity contribution in [3.63, 3.8) is 0 Å². The molecule has 1 atom stereocenters. The fourth-order valence-electron chi connectivity index (χ4n) is 3.72. The highest BCUT2D eigenvalue weighted by atomic mass is 32.2. The summed E-state index contributed by atoms with van der Waals surface area (Å²) in [6.45, 7) is 2.02. The van der Waals surface area contributed by atoms with Gasteiger partial charge in [-0.05, 0) is 61.4 Å². The number of para-hydroxylation sites is 2. The molecule has 0 spiro atoms. The highest BCUT2D eigenvalue weighted by molar-refractivity contribution is 7.92. The van der Waals surface area contributed by atoms with E-state index in [1.807, 2.05) is 37.3 Å². The van der Waals surface area contributed by atoms with E-state index in [1.165, 1.54) is 23.5 Å². The number of hydrogen-bond donors (Lipinski definition) is 0. The average molecular weight is 407 g/mol. The summed E-state index contributed by atoms with van der Waals surface area (Å²) in [5.74, 6) is -0.122. The topological polar surface area (TPSA) is 57.7 Å². The summed E-state index contributed by atoms with van der Waals surface area (Å²) in [5, 5.41) is 0. The monoisotopic (exact) mass is 406 g/mol. The first-order valence-corrected chi connectivity index (χ1v) is 10.9. The Balaban J connectivity index is 1.61. The van der Waals surface area contributed by atoms with Crippen LogP contribution in [0.4, 0.5) is 11.4 Å². The highest BCUT2D eigenvalue weighted by Crippen LogP contribution is 2.33. The Hall–Kier alpha value is -3.12. The van der Waals surface area contributed by atoms with Crippen molar-refractivity contribution in [1.82, 2.24) is 0 Å². The van der Waals surface area contributed by atoms with Crippen molar-refractivity contribution >= 4 is 27.3 Å². The lowest BCUT2D eigenvalue weighted by Gasteiger charge is -2.23. The molecule has 1 unspecified atom stereocenters. The van der Waals surface area contributed by atoms with Gasteiger partial charge in [0.2, 0.25) is 0 Å². The van der Waals surface area contributed by atoms with Crippen LogP contribution < -0.4 is 9.21 Å². The van der Waals surface area contributed by atoms with E-state index in [1.54, 1.807) is 41.3 Å². The molecule has 0 fully saturated rings. The minimum Gasteiger partial charge on any atom is -0.305 e. The van der Waals surface area contributed by atoms with E-state index in [0.717, 1.165) is 17.7 Å². The predicted octanol–water partition coefficient (Wildman–Crippen LogP) is 4.10. The molecule has 0 bridgehead atoms. The van der Waals surface area contributed by atoms with Crippen LogP contribution in [-0.4, -0.2) is 27.4 Å². The Morgan fingerprint density at radius 2 is 1.55 bits per heavy atom. The third-order valence-corrected chi connectivity index (χ3v) is 7.11. The van der Waals surface area contributed by atoms with Crippen LogP contribution in [0.2, 0.25) is 0 Å². The smallest absolute Gasteiger partial charge is 0.264 e. The number of rotatable bonds is 4. The molecule has 3 aromatic rings. The molecule has 0 radical (unpaired) electrons.